The molecule has 6 atom stereocenters. The fourth-order valence-electron chi connectivity index (χ4n) is 2.16. The minimum absolute atomic E-state index is 0. The van der Waals surface area contributed by atoms with Gasteiger partial charge in [-0.2, -0.15) is 13.8 Å². The summed E-state index contributed by atoms with van der Waals surface area (Å²) in [7, 11) is 0. The van der Waals surface area contributed by atoms with Gasteiger partial charge in [-0.15, -0.1) is 12.4 Å². The summed E-state index contributed by atoms with van der Waals surface area (Å²) in [5.74, 6) is -3.96. The van der Waals surface area contributed by atoms with Crippen molar-refractivity contribution in [3.05, 3.63) is 22.7 Å². The summed E-state index contributed by atoms with van der Waals surface area (Å²) in [5.41, 5.74) is 4.63. The lowest BCUT2D eigenvalue weighted by Gasteiger charge is -2.20. The van der Waals surface area contributed by atoms with Gasteiger partial charge in [0.1, 0.15) is 30.2 Å². The third kappa shape index (κ3) is 6.61. The highest BCUT2D eigenvalue weighted by Crippen LogP contribution is 2.27. The van der Waals surface area contributed by atoms with E-state index in [-0.39, 0.29) is 18.2 Å². The summed E-state index contributed by atoms with van der Waals surface area (Å²) in [6, 6.07) is 1.37. The van der Waals surface area contributed by atoms with Crippen molar-refractivity contribution >= 4 is 24.5 Å². The van der Waals surface area contributed by atoms with Crippen molar-refractivity contribution < 1.29 is 49.0 Å². The van der Waals surface area contributed by atoms with Gasteiger partial charge in [-0.25, -0.2) is 4.79 Å². The Hall–Kier alpha value is -1.78. The number of hydrogen-bond acceptors (Lipinski definition) is 11. The first-order valence-corrected chi connectivity index (χ1v) is 7.78. The van der Waals surface area contributed by atoms with E-state index in [2.05, 4.69) is 4.98 Å². The zero-order valence-electron chi connectivity index (χ0n) is 14.7. The van der Waals surface area contributed by atoms with Crippen LogP contribution >= 0.6 is 12.4 Å². The Kier molecular flexibility index (Phi) is 10.7. The lowest BCUT2D eigenvalue weighted by Crippen LogP contribution is -2.45. The molecule has 0 bridgehead atoms. The average molecular weight is 450 g/mol. The van der Waals surface area contributed by atoms with Crippen LogP contribution < -0.4 is 11.4 Å². The van der Waals surface area contributed by atoms with Crippen molar-refractivity contribution in [2.24, 2.45) is 0 Å². The summed E-state index contributed by atoms with van der Waals surface area (Å²) in [6.07, 6.45) is -8.60. The van der Waals surface area contributed by atoms with E-state index >= 15 is 0 Å². The van der Waals surface area contributed by atoms with E-state index in [0.717, 1.165) is 4.57 Å². The second-order valence-electron chi connectivity index (χ2n) is 5.76. The Morgan fingerprint density at radius 2 is 1.90 bits per heavy atom. The summed E-state index contributed by atoms with van der Waals surface area (Å²) in [6.45, 7) is -1.48. The number of aldehydes is 1. The van der Waals surface area contributed by atoms with Crippen LogP contribution in [-0.4, -0.2) is 96.1 Å². The average Bonchev–Trinajstić information content (AvgIpc) is 2.95. The topological polar surface area (TPSA) is 209 Å². The number of aliphatic hydroxyl groups is 6. The van der Waals surface area contributed by atoms with Crippen LogP contribution in [0.25, 0.3) is 0 Å². The van der Waals surface area contributed by atoms with E-state index in [1.165, 1.54) is 12.3 Å². The molecule has 0 saturated carbocycles. The molecule has 2 heterocycles. The van der Waals surface area contributed by atoms with Crippen LogP contribution in [-0.2, 0) is 9.53 Å². The number of aliphatic hydroxyl groups excluding tert-OH is 6. The molecule has 12 nitrogen and oxygen atoms in total. The number of anilines is 1. The smallest absolute Gasteiger partial charge is 0.351 e. The number of nitrogen functional groups attached to an aromatic ring is 1. The number of alkyl halides is 2. The predicted molar refractivity (Wildman–Crippen MR) is 93.3 cm³/mol. The monoisotopic (exact) mass is 449 g/mol. The van der Waals surface area contributed by atoms with Crippen LogP contribution in [0.1, 0.15) is 6.23 Å². The van der Waals surface area contributed by atoms with Gasteiger partial charge in [0, 0.05) is 6.20 Å². The third-order valence-corrected chi connectivity index (χ3v) is 3.75. The first-order valence-electron chi connectivity index (χ1n) is 7.78. The van der Waals surface area contributed by atoms with Crippen LogP contribution in [0.2, 0.25) is 0 Å². The molecule has 1 aliphatic heterocycles. The van der Waals surface area contributed by atoms with Crippen LogP contribution in [0.5, 0.6) is 0 Å². The molecule has 0 radical (unpaired) electrons. The van der Waals surface area contributed by atoms with Gasteiger partial charge < -0.3 is 41.1 Å². The fraction of sp³-hybridized carbons (Fsp3) is 0.643. The summed E-state index contributed by atoms with van der Waals surface area (Å²) in [4.78, 5) is 24.6. The maximum Gasteiger partial charge on any atom is 0.351 e. The quantitative estimate of drug-likeness (QED) is 0.211. The SMILES string of the molecule is Cl.Nc1ccn([C@@H]2O[C@H](CO)[C@@H](O)[C@H]2O)c(=O)n1.O=CC(F)(F)C(O)C(O)CO. The Labute approximate surface area is 168 Å². The van der Waals surface area contributed by atoms with Gasteiger partial charge in [-0.05, 0) is 6.07 Å². The summed E-state index contributed by atoms with van der Waals surface area (Å²) < 4.78 is 30.4. The molecule has 15 heteroatoms. The van der Waals surface area contributed by atoms with E-state index in [1.807, 2.05) is 0 Å². The summed E-state index contributed by atoms with van der Waals surface area (Å²) in [5, 5.41) is 53.2. The molecule has 8 N–H and O–H groups in total. The van der Waals surface area contributed by atoms with Crippen molar-refractivity contribution in [2.45, 2.75) is 42.7 Å². The second kappa shape index (κ2) is 11.4. The number of rotatable bonds is 6. The molecular weight excluding hydrogens is 428 g/mol. The molecule has 1 aromatic heterocycles. The fourth-order valence-corrected chi connectivity index (χ4v) is 2.16. The highest BCUT2D eigenvalue weighted by molar-refractivity contribution is 5.85. The molecule has 0 aliphatic carbocycles. The Bertz CT molecular complexity index is 711. The number of nitrogens with zero attached hydrogens (tertiary/aromatic N) is 2. The lowest BCUT2D eigenvalue weighted by atomic mass is 10.1. The first-order chi connectivity index (χ1) is 13.0. The van der Waals surface area contributed by atoms with Gasteiger partial charge >= 0.3 is 11.6 Å². The minimum atomic E-state index is -4.01. The van der Waals surface area contributed by atoms with E-state index < -0.39 is 67.9 Å². The number of aromatic nitrogens is 2. The predicted octanol–water partition coefficient (Wildman–Crippen LogP) is -3.61. The number of nitrogens with two attached hydrogens (primary N) is 1. The number of carbonyl (C=O) groups is 1. The molecule has 1 saturated heterocycles. The maximum absolute atomic E-state index is 12.1. The molecule has 2 unspecified atom stereocenters. The number of carbonyl (C=O) groups excluding carboxylic acids is 1. The first kappa shape index (κ1) is 27.2. The van der Waals surface area contributed by atoms with Crippen LogP contribution in [0.3, 0.4) is 0 Å². The largest absolute Gasteiger partial charge is 0.394 e. The van der Waals surface area contributed by atoms with Gasteiger partial charge in [-0.3, -0.25) is 9.36 Å². The van der Waals surface area contributed by atoms with Crippen LogP contribution in [0, 0.1) is 0 Å². The Morgan fingerprint density at radius 1 is 1.31 bits per heavy atom. The zero-order chi connectivity index (χ0) is 21.6. The van der Waals surface area contributed by atoms with Crippen LogP contribution in [0.15, 0.2) is 17.1 Å². The minimum Gasteiger partial charge on any atom is -0.394 e. The van der Waals surface area contributed by atoms with E-state index in [1.54, 1.807) is 0 Å². The molecule has 0 spiro atoms. The molecule has 0 aromatic carbocycles. The molecule has 0 amide bonds. The summed E-state index contributed by atoms with van der Waals surface area (Å²) >= 11 is 0. The highest BCUT2D eigenvalue weighted by atomic mass is 35.5. The Balaban J connectivity index is 0.000000576. The number of ether oxygens (including phenoxy) is 1. The normalized spacial score (nSPS) is 25.9. The van der Waals surface area contributed by atoms with Crippen molar-refractivity contribution in [1.29, 1.82) is 0 Å². The molecule has 2 rings (SSSR count). The third-order valence-electron chi connectivity index (χ3n) is 3.75. The highest BCUT2D eigenvalue weighted by Gasteiger charge is 2.44. The van der Waals surface area contributed by atoms with E-state index in [9.17, 15) is 28.6 Å². The van der Waals surface area contributed by atoms with E-state index in [4.69, 9.17) is 30.9 Å². The maximum atomic E-state index is 12.1. The van der Waals surface area contributed by atoms with Crippen molar-refractivity contribution in [1.82, 2.24) is 9.55 Å². The van der Waals surface area contributed by atoms with Crippen molar-refractivity contribution in [3.8, 4) is 0 Å². The Morgan fingerprint density at radius 3 is 2.31 bits per heavy atom. The lowest BCUT2D eigenvalue weighted by molar-refractivity contribution is -0.166. The molecule has 29 heavy (non-hydrogen) atoms. The van der Waals surface area contributed by atoms with Crippen molar-refractivity contribution in [2.75, 3.05) is 18.9 Å². The van der Waals surface area contributed by atoms with Crippen molar-refractivity contribution in [3.63, 3.8) is 0 Å². The zero-order valence-corrected chi connectivity index (χ0v) is 15.5. The van der Waals surface area contributed by atoms with Gasteiger partial charge in [0.05, 0.1) is 13.2 Å². The number of hydrogen-bond donors (Lipinski definition) is 7. The van der Waals surface area contributed by atoms with Gasteiger partial charge in [-0.1, -0.05) is 0 Å². The van der Waals surface area contributed by atoms with Gasteiger partial charge in [0.2, 0.25) is 0 Å². The molecule has 168 valence electrons. The van der Waals surface area contributed by atoms with Gasteiger partial charge in [0.25, 0.3) is 0 Å². The van der Waals surface area contributed by atoms with Crippen LogP contribution in [0.4, 0.5) is 14.6 Å². The van der Waals surface area contributed by atoms with E-state index in [0.29, 0.717) is 0 Å². The molecular formula is C14H22ClF2N3O9. The standard InChI is InChI=1S/C9H13N3O5.C5H8F2O4.ClH/c10-5-1-2-12(9(16)11-5)8-7(15)6(14)4(3-13)17-8;6-5(7,2-9)4(11)3(10)1-8;/h1-2,4,6-8,13-15H,3H2,(H2,10,11,16);2-4,8,10-11H,1H2;1H/t4-,6-,7-,8-;;/m1../s1. The molecule has 1 aliphatic rings. The number of halogens is 3. The van der Waals surface area contributed by atoms with Gasteiger partial charge in [0.15, 0.2) is 18.6 Å². The molecule has 1 aromatic rings. The second-order valence-corrected chi connectivity index (χ2v) is 5.76. The molecule has 1 fully saturated rings.